The lowest BCUT2D eigenvalue weighted by atomic mass is 10.0. The van der Waals surface area contributed by atoms with Crippen molar-refractivity contribution in [2.75, 3.05) is 16.7 Å². The van der Waals surface area contributed by atoms with Gasteiger partial charge in [-0.3, -0.25) is 19.2 Å². The van der Waals surface area contributed by atoms with Gasteiger partial charge in [0.05, 0.1) is 12.8 Å². The van der Waals surface area contributed by atoms with Crippen molar-refractivity contribution >= 4 is 33.2 Å². The quantitative estimate of drug-likeness (QED) is 0.726. The number of hydrogen-bond donors (Lipinski definition) is 1. The third-order valence-corrected chi connectivity index (χ3v) is 6.21. The minimum absolute atomic E-state index is 0.122. The van der Waals surface area contributed by atoms with E-state index in [9.17, 15) is 18.0 Å². The first kappa shape index (κ1) is 20.9. The molecule has 0 radical (unpaired) electrons. The van der Waals surface area contributed by atoms with Gasteiger partial charge in [0.2, 0.25) is 11.8 Å². The molecule has 0 atom stereocenters. The number of rotatable bonds is 6. The normalized spacial score (nSPS) is 15.0. The van der Waals surface area contributed by atoms with Crippen LogP contribution in [0, 0.1) is 0 Å². The van der Waals surface area contributed by atoms with Gasteiger partial charge in [-0.2, -0.15) is 0 Å². The molecular formula is C21H24N2O5S. The van der Waals surface area contributed by atoms with Crippen molar-refractivity contribution in [1.82, 2.24) is 0 Å². The highest BCUT2D eigenvalue weighted by atomic mass is 32.2. The summed E-state index contributed by atoms with van der Waals surface area (Å²) >= 11 is 0. The summed E-state index contributed by atoms with van der Waals surface area (Å²) in [6.07, 6.45) is 1.00. The van der Waals surface area contributed by atoms with E-state index in [1.54, 1.807) is 12.1 Å². The molecule has 2 amide bonds. The molecule has 1 N–H and O–H groups in total. The summed E-state index contributed by atoms with van der Waals surface area (Å²) < 4.78 is 33.8. The van der Waals surface area contributed by atoms with E-state index in [-0.39, 0.29) is 41.0 Å². The number of nitrogens with one attached hydrogen (secondary N) is 1. The molecule has 154 valence electrons. The maximum absolute atomic E-state index is 13.0. The van der Waals surface area contributed by atoms with Crippen LogP contribution in [-0.2, 0) is 19.6 Å². The van der Waals surface area contributed by atoms with Gasteiger partial charge in [-0.15, -0.1) is 0 Å². The molecule has 3 rings (SSSR count). The summed E-state index contributed by atoms with van der Waals surface area (Å²) in [7, 11) is -2.65. The standard InChI is InChI=1S/C21H24N2O5S/c1-14(2)15-7-9-16(10-8-15)22-29(26,27)19-13-17(11-12-18(19)28-3)23-20(24)5-4-6-21(23)25/h7-14,22H,4-6H2,1-3H3. The molecule has 2 aromatic rings. The lowest BCUT2D eigenvalue weighted by Crippen LogP contribution is -2.40. The number of carbonyl (C=O) groups excluding carboxylic acids is 2. The van der Waals surface area contributed by atoms with Crippen LogP contribution in [0.2, 0.25) is 0 Å². The number of imide groups is 1. The Morgan fingerprint density at radius 2 is 1.62 bits per heavy atom. The van der Waals surface area contributed by atoms with Crippen LogP contribution in [0.4, 0.5) is 11.4 Å². The SMILES string of the molecule is COc1ccc(N2C(=O)CCCC2=O)cc1S(=O)(=O)Nc1ccc(C(C)C)cc1. The molecule has 7 nitrogen and oxygen atoms in total. The van der Waals surface area contributed by atoms with E-state index in [1.807, 2.05) is 12.1 Å². The van der Waals surface area contributed by atoms with Gasteiger partial charge in [-0.1, -0.05) is 26.0 Å². The van der Waals surface area contributed by atoms with Gasteiger partial charge < -0.3 is 4.74 Å². The van der Waals surface area contributed by atoms with E-state index in [0.717, 1.165) is 10.5 Å². The van der Waals surface area contributed by atoms with Gasteiger partial charge in [-0.05, 0) is 48.2 Å². The largest absolute Gasteiger partial charge is 0.495 e. The number of ether oxygens (including phenoxy) is 1. The highest BCUT2D eigenvalue weighted by molar-refractivity contribution is 7.92. The van der Waals surface area contributed by atoms with E-state index in [2.05, 4.69) is 18.6 Å². The number of methoxy groups -OCH3 is 1. The lowest BCUT2D eigenvalue weighted by molar-refractivity contribution is -0.129. The molecule has 1 fully saturated rings. The number of amides is 2. The average Bonchev–Trinajstić information content (AvgIpc) is 2.68. The van der Waals surface area contributed by atoms with Crippen LogP contribution in [0.25, 0.3) is 0 Å². The number of piperidine rings is 1. The number of carbonyl (C=O) groups is 2. The monoisotopic (exact) mass is 416 g/mol. The highest BCUT2D eigenvalue weighted by Crippen LogP contribution is 2.32. The van der Waals surface area contributed by atoms with Crippen LogP contribution < -0.4 is 14.4 Å². The summed E-state index contributed by atoms with van der Waals surface area (Å²) in [6.45, 7) is 4.11. The van der Waals surface area contributed by atoms with E-state index < -0.39 is 10.0 Å². The lowest BCUT2D eigenvalue weighted by Gasteiger charge is -2.25. The number of anilines is 2. The predicted octanol–water partition coefficient (Wildman–Crippen LogP) is 3.66. The zero-order valence-corrected chi connectivity index (χ0v) is 17.5. The van der Waals surface area contributed by atoms with E-state index in [0.29, 0.717) is 18.0 Å². The van der Waals surface area contributed by atoms with Crippen molar-refractivity contribution in [2.45, 2.75) is 43.9 Å². The minimum Gasteiger partial charge on any atom is -0.495 e. The molecule has 0 unspecified atom stereocenters. The molecule has 0 spiro atoms. The third kappa shape index (κ3) is 4.42. The maximum Gasteiger partial charge on any atom is 0.265 e. The molecule has 1 aliphatic rings. The zero-order chi connectivity index (χ0) is 21.2. The number of nitrogens with zero attached hydrogens (tertiary/aromatic N) is 1. The molecule has 1 heterocycles. The second kappa shape index (κ2) is 8.24. The second-order valence-corrected chi connectivity index (χ2v) is 8.84. The van der Waals surface area contributed by atoms with Crippen LogP contribution in [0.1, 0.15) is 44.6 Å². The van der Waals surface area contributed by atoms with Crippen molar-refractivity contribution in [2.24, 2.45) is 0 Å². The van der Waals surface area contributed by atoms with Gasteiger partial charge in [0.25, 0.3) is 10.0 Å². The number of benzene rings is 2. The van der Waals surface area contributed by atoms with Crippen LogP contribution in [0.3, 0.4) is 0 Å². The summed E-state index contributed by atoms with van der Waals surface area (Å²) in [5, 5.41) is 0. The second-order valence-electron chi connectivity index (χ2n) is 7.19. The van der Waals surface area contributed by atoms with Crippen molar-refractivity contribution in [3.8, 4) is 5.75 Å². The fraction of sp³-hybridized carbons (Fsp3) is 0.333. The van der Waals surface area contributed by atoms with Gasteiger partial charge in [0.15, 0.2) is 0 Å². The van der Waals surface area contributed by atoms with Crippen molar-refractivity contribution in [1.29, 1.82) is 0 Å². The van der Waals surface area contributed by atoms with Gasteiger partial charge in [0.1, 0.15) is 10.6 Å². The fourth-order valence-corrected chi connectivity index (χ4v) is 4.45. The zero-order valence-electron chi connectivity index (χ0n) is 16.6. The van der Waals surface area contributed by atoms with Gasteiger partial charge in [0, 0.05) is 18.5 Å². The first-order valence-electron chi connectivity index (χ1n) is 9.39. The molecule has 0 bridgehead atoms. The van der Waals surface area contributed by atoms with Crippen LogP contribution in [0.5, 0.6) is 5.75 Å². The first-order valence-corrected chi connectivity index (χ1v) is 10.9. The Morgan fingerprint density at radius 3 is 2.17 bits per heavy atom. The van der Waals surface area contributed by atoms with E-state index >= 15 is 0 Å². The fourth-order valence-electron chi connectivity index (χ4n) is 3.20. The maximum atomic E-state index is 13.0. The molecule has 1 saturated heterocycles. The Morgan fingerprint density at radius 1 is 1.00 bits per heavy atom. The Bertz CT molecular complexity index is 1010. The Labute approximate surface area is 170 Å². The topological polar surface area (TPSA) is 92.8 Å². The number of sulfonamides is 1. The molecule has 1 aliphatic heterocycles. The minimum atomic E-state index is -4.01. The smallest absolute Gasteiger partial charge is 0.265 e. The Hall–Kier alpha value is -2.87. The average molecular weight is 416 g/mol. The molecule has 0 saturated carbocycles. The van der Waals surface area contributed by atoms with E-state index in [4.69, 9.17) is 4.74 Å². The molecule has 0 aromatic heterocycles. The van der Waals surface area contributed by atoms with Gasteiger partial charge in [-0.25, -0.2) is 8.42 Å². The highest BCUT2D eigenvalue weighted by Gasteiger charge is 2.29. The third-order valence-electron chi connectivity index (χ3n) is 4.80. The summed E-state index contributed by atoms with van der Waals surface area (Å²) in [5.41, 5.74) is 1.72. The molecule has 29 heavy (non-hydrogen) atoms. The molecule has 2 aromatic carbocycles. The summed E-state index contributed by atoms with van der Waals surface area (Å²) in [6, 6.07) is 11.4. The molecule has 0 aliphatic carbocycles. The summed E-state index contributed by atoms with van der Waals surface area (Å²) in [4.78, 5) is 25.3. The molecular weight excluding hydrogens is 392 g/mol. The summed E-state index contributed by atoms with van der Waals surface area (Å²) in [5.74, 6) is -0.229. The Balaban J connectivity index is 1.97. The van der Waals surface area contributed by atoms with Crippen molar-refractivity contribution in [3.05, 3.63) is 48.0 Å². The Kier molecular flexibility index (Phi) is 5.93. The first-order chi connectivity index (χ1) is 13.7. The molecule has 8 heteroatoms. The van der Waals surface area contributed by atoms with E-state index in [1.165, 1.54) is 25.3 Å². The van der Waals surface area contributed by atoms with Crippen LogP contribution in [-0.4, -0.2) is 27.3 Å². The van der Waals surface area contributed by atoms with Crippen LogP contribution >= 0.6 is 0 Å². The predicted molar refractivity (Wildman–Crippen MR) is 111 cm³/mol. The van der Waals surface area contributed by atoms with Crippen molar-refractivity contribution < 1.29 is 22.7 Å². The number of hydrogen-bond acceptors (Lipinski definition) is 5. The van der Waals surface area contributed by atoms with Gasteiger partial charge >= 0.3 is 0 Å². The van der Waals surface area contributed by atoms with Crippen molar-refractivity contribution in [3.63, 3.8) is 0 Å². The van der Waals surface area contributed by atoms with Crippen LogP contribution in [0.15, 0.2) is 47.4 Å².